The van der Waals surface area contributed by atoms with Gasteiger partial charge >= 0.3 is 5.97 Å². The number of nitrogens with one attached hydrogen (secondary N) is 1. The minimum atomic E-state index is -0.466. The van der Waals surface area contributed by atoms with Crippen molar-refractivity contribution < 1.29 is 19.1 Å². The summed E-state index contributed by atoms with van der Waals surface area (Å²) in [6, 6.07) is 8.84. The van der Waals surface area contributed by atoms with Gasteiger partial charge in [-0.25, -0.2) is 4.79 Å². The number of unbranched alkanes of at least 4 members (excludes halogenated alkanes) is 2. The molecular formula is C23H30N2O4. The van der Waals surface area contributed by atoms with Gasteiger partial charge in [-0.1, -0.05) is 32.3 Å². The molecule has 2 aromatic rings. The Morgan fingerprint density at radius 1 is 1.14 bits per heavy atom. The highest BCUT2D eigenvalue weighted by atomic mass is 16.5. The minimum absolute atomic E-state index is 0.0874. The Bertz CT molecular complexity index is 818. The molecule has 0 radical (unpaired) electrons. The van der Waals surface area contributed by atoms with Gasteiger partial charge in [0.1, 0.15) is 5.75 Å². The zero-order valence-corrected chi connectivity index (χ0v) is 17.7. The Kier molecular flexibility index (Phi) is 8.65. The number of methoxy groups -OCH3 is 2. The number of aryl methyl sites for hydroxylation is 1. The van der Waals surface area contributed by atoms with Crippen LogP contribution in [-0.2, 0) is 9.53 Å². The van der Waals surface area contributed by atoms with Gasteiger partial charge in [0.25, 0.3) is 0 Å². The Morgan fingerprint density at radius 2 is 1.93 bits per heavy atom. The molecule has 6 nitrogen and oxygen atoms in total. The van der Waals surface area contributed by atoms with Crippen molar-refractivity contribution in [3.05, 3.63) is 53.3 Å². The summed E-state index contributed by atoms with van der Waals surface area (Å²) in [6.07, 6.45) is 6.43. The molecule has 6 heteroatoms. The Labute approximate surface area is 172 Å². The molecule has 1 atom stereocenters. The zero-order chi connectivity index (χ0) is 21.2. The zero-order valence-electron chi connectivity index (χ0n) is 17.7. The van der Waals surface area contributed by atoms with Crippen LogP contribution in [0.25, 0.3) is 0 Å². The van der Waals surface area contributed by atoms with Crippen molar-refractivity contribution in [1.29, 1.82) is 0 Å². The third kappa shape index (κ3) is 6.59. The van der Waals surface area contributed by atoms with Crippen molar-refractivity contribution in [3.8, 4) is 5.75 Å². The van der Waals surface area contributed by atoms with Crippen LogP contribution in [0.4, 0.5) is 5.69 Å². The molecule has 0 aliphatic rings. The topological polar surface area (TPSA) is 77.5 Å². The molecule has 1 unspecified atom stereocenters. The van der Waals surface area contributed by atoms with E-state index in [0.29, 0.717) is 23.4 Å². The molecule has 0 saturated heterocycles. The maximum Gasteiger partial charge on any atom is 0.337 e. The molecule has 0 saturated carbocycles. The molecule has 2 rings (SSSR count). The number of hydrogen-bond acceptors (Lipinski definition) is 5. The van der Waals surface area contributed by atoms with E-state index in [0.717, 1.165) is 36.9 Å². The van der Waals surface area contributed by atoms with Gasteiger partial charge in [0.2, 0.25) is 5.91 Å². The molecule has 1 amide bonds. The molecule has 0 spiro atoms. The Morgan fingerprint density at radius 3 is 2.55 bits per heavy atom. The molecule has 1 heterocycles. The van der Waals surface area contributed by atoms with Gasteiger partial charge in [-0.3, -0.25) is 9.78 Å². The first-order valence-corrected chi connectivity index (χ1v) is 9.97. The SMILES string of the molecule is CCCCCC(CC(=O)Nc1cc(C(=O)OC)ccc1OC)c1ccc(C)nc1. The fourth-order valence-electron chi connectivity index (χ4n) is 3.22. The molecule has 0 bridgehead atoms. The number of anilines is 1. The number of carbonyl (C=O) groups is 2. The minimum Gasteiger partial charge on any atom is -0.495 e. The number of amides is 1. The third-order valence-corrected chi connectivity index (χ3v) is 4.89. The number of hydrogen-bond donors (Lipinski definition) is 1. The van der Waals surface area contributed by atoms with E-state index in [4.69, 9.17) is 9.47 Å². The highest BCUT2D eigenvalue weighted by Gasteiger charge is 2.18. The van der Waals surface area contributed by atoms with Gasteiger partial charge in [-0.15, -0.1) is 0 Å². The van der Waals surface area contributed by atoms with Crippen molar-refractivity contribution in [2.24, 2.45) is 0 Å². The number of rotatable bonds is 10. The predicted molar refractivity (Wildman–Crippen MR) is 113 cm³/mol. The van der Waals surface area contributed by atoms with Gasteiger partial charge in [-0.2, -0.15) is 0 Å². The van der Waals surface area contributed by atoms with E-state index in [1.807, 2.05) is 25.3 Å². The summed E-state index contributed by atoms with van der Waals surface area (Å²) < 4.78 is 10.1. The molecule has 1 aromatic heterocycles. The van der Waals surface area contributed by atoms with E-state index in [1.54, 1.807) is 18.2 Å². The van der Waals surface area contributed by atoms with Crippen LogP contribution < -0.4 is 10.1 Å². The monoisotopic (exact) mass is 398 g/mol. The van der Waals surface area contributed by atoms with E-state index in [9.17, 15) is 9.59 Å². The number of pyridine rings is 1. The van der Waals surface area contributed by atoms with E-state index in [-0.39, 0.29) is 11.8 Å². The number of ether oxygens (including phenoxy) is 2. The second-order valence-corrected chi connectivity index (χ2v) is 7.08. The quantitative estimate of drug-likeness (QED) is 0.456. The van der Waals surface area contributed by atoms with Gasteiger partial charge in [0.05, 0.1) is 25.5 Å². The maximum absolute atomic E-state index is 12.8. The number of esters is 1. The van der Waals surface area contributed by atoms with Crippen LogP contribution in [0.2, 0.25) is 0 Å². The summed E-state index contributed by atoms with van der Waals surface area (Å²) in [5, 5.41) is 2.89. The molecule has 1 N–H and O–H groups in total. The van der Waals surface area contributed by atoms with Crippen molar-refractivity contribution >= 4 is 17.6 Å². The third-order valence-electron chi connectivity index (χ3n) is 4.89. The second-order valence-electron chi connectivity index (χ2n) is 7.08. The molecule has 0 aliphatic heterocycles. The lowest BCUT2D eigenvalue weighted by Gasteiger charge is -2.18. The molecule has 1 aromatic carbocycles. The maximum atomic E-state index is 12.8. The summed E-state index contributed by atoms with van der Waals surface area (Å²) in [5.41, 5.74) is 2.83. The molecule has 0 aliphatic carbocycles. The Balaban J connectivity index is 2.16. The summed E-state index contributed by atoms with van der Waals surface area (Å²) in [5.74, 6) is -0.0197. The van der Waals surface area contributed by atoms with E-state index >= 15 is 0 Å². The van der Waals surface area contributed by atoms with Gasteiger partial charge < -0.3 is 14.8 Å². The smallest absolute Gasteiger partial charge is 0.337 e. The highest BCUT2D eigenvalue weighted by Crippen LogP contribution is 2.29. The van der Waals surface area contributed by atoms with Crippen LogP contribution in [0.3, 0.4) is 0 Å². The largest absolute Gasteiger partial charge is 0.495 e. The molecular weight excluding hydrogens is 368 g/mol. The first kappa shape index (κ1) is 22.4. The van der Waals surface area contributed by atoms with Gasteiger partial charge in [0, 0.05) is 18.3 Å². The lowest BCUT2D eigenvalue weighted by atomic mass is 9.91. The van der Waals surface area contributed by atoms with Gasteiger partial charge in [-0.05, 0) is 49.1 Å². The van der Waals surface area contributed by atoms with Crippen LogP contribution in [-0.4, -0.2) is 31.1 Å². The van der Waals surface area contributed by atoms with Crippen molar-refractivity contribution in [2.45, 2.75) is 51.9 Å². The number of carbonyl (C=O) groups excluding carboxylic acids is 2. The lowest BCUT2D eigenvalue weighted by molar-refractivity contribution is -0.116. The first-order valence-electron chi connectivity index (χ1n) is 9.97. The Hall–Kier alpha value is -2.89. The summed E-state index contributed by atoms with van der Waals surface area (Å²) in [6.45, 7) is 4.11. The predicted octanol–water partition coefficient (Wildman–Crippen LogP) is 4.88. The van der Waals surface area contributed by atoms with Crippen LogP contribution >= 0.6 is 0 Å². The molecule has 29 heavy (non-hydrogen) atoms. The summed E-state index contributed by atoms with van der Waals surface area (Å²) in [4.78, 5) is 29.0. The normalized spacial score (nSPS) is 11.6. The average molecular weight is 399 g/mol. The van der Waals surface area contributed by atoms with Crippen LogP contribution in [0.5, 0.6) is 5.75 Å². The standard InChI is InChI=1S/C23H30N2O4/c1-5-6-7-8-17(19-10-9-16(2)24-15-19)14-22(26)25-20-13-18(23(27)29-4)11-12-21(20)28-3/h9-13,15,17H,5-8,14H2,1-4H3,(H,25,26). The fraction of sp³-hybridized carbons (Fsp3) is 0.435. The summed E-state index contributed by atoms with van der Waals surface area (Å²) in [7, 11) is 2.84. The van der Waals surface area contributed by atoms with E-state index in [1.165, 1.54) is 14.2 Å². The highest BCUT2D eigenvalue weighted by molar-refractivity contribution is 5.96. The molecule has 156 valence electrons. The van der Waals surface area contributed by atoms with E-state index in [2.05, 4.69) is 17.2 Å². The summed E-state index contributed by atoms with van der Waals surface area (Å²) >= 11 is 0. The van der Waals surface area contributed by atoms with E-state index < -0.39 is 5.97 Å². The number of aromatic nitrogens is 1. The van der Waals surface area contributed by atoms with Crippen molar-refractivity contribution in [1.82, 2.24) is 4.98 Å². The van der Waals surface area contributed by atoms with Crippen molar-refractivity contribution in [2.75, 3.05) is 19.5 Å². The lowest BCUT2D eigenvalue weighted by Crippen LogP contribution is -2.17. The van der Waals surface area contributed by atoms with Crippen molar-refractivity contribution in [3.63, 3.8) is 0 Å². The molecule has 0 fully saturated rings. The first-order chi connectivity index (χ1) is 14.0. The average Bonchev–Trinajstić information content (AvgIpc) is 2.73. The number of benzene rings is 1. The number of nitrogens with zero attached hydrogens (tertiary/aromatic N) is 1. The van der Waals surface area contributed by atoms with Crippen LogP contribution in [0.15, 0.2) is 36.5 Å². The van der Waals surface area contributed by atoms with Crippen LogP contribution in [0.1, 0.15) is 66.6 Å². The van der Waals surface area contributed by atoms with Crippen LogP contribution in [0, 0.1) is 6.92 Å². The fourth-order valence-corrected chi connectivity index (χ4v) is 3.22. The second kappa shape index (κ2) is 11.2. The van der Waals surface area contributed by atoms with Gasteiger partial charge in [0.15, 0.2) is 0 Å².